The van der Waals surface area contributed by atoms with Crippen LogP contribution in [-0.2, 0) is 13.0 Å². The molecule has 0 saturated carbocycles. The summed E-state index contributed by atoms with van der Waals surface area (Å²) in [5, 5.41) is 10.3. The molecule has 0 bridgehead atoms. The van der Waals surface area contributed by atoms with Crippen LogP contribution in [0.3, 0.4) is 0 Å². The van der Waals surface area contributed by atoms with Crippen LogP contribution >= 0.6 is 11.3 Å². The van der Waals surface area contributed by atoms with Gasteiger partial charge < -0.3 is 10.6 Å². The van der Waals surface area contributed by atoms with Gasteiger partial charge in [0.15, 0.2) is 0 Å². The highest BCUT2D eigenvalue weighted by atomic mass is 32.1. The first kappa shape index (κ1) is 10.5. The molecule has 1 aliphatic rings. The van der Waals surface area contributed by atoms with E-state index >= 15 is 0 Å². The van der Waals surface area contributed by atoms with E-state index < -0.39 is 0 Å². The molecule has 1 aromatic heterocycles. The van der Waals surface area contributed by atoms with E-state index in [0.717, 1.165) is 35.3 Å². The number of aromatic nitrogens is 2. The van der Waals surface area contributed by atoms with Crippen LogP contribution in [0.4, 0.5) is 10.8 Å². The van der Waals surface area contributed by atoms with Gasteiger partial charge in [0.25, 0.3) is 0 Å². The summed E-state index contributed by atoms with van der Waals surface area (Å²) in [6.45, 7) is 3.87. The number of nitrogens with zero attached hydrogens (tertiary/aromatic N) is 3. The molecule has 0 atom stereocenters. The third kappa shape index (κ3) is 1.98. The van der Waals surface area contributed by atoms with Gasteiger partial charge in [-0.25, -0.2) is 0 Å². The van der Waals surface area contributed by atoms with Gasteiger partial charge in [0.05, 0.1) is 0 Å². The van der Waals surface area contributed by atoms with Crippen LogP contribution < -0.4 is 10.6 Å². The largest absolute Gasteiger partial charge is 0.399 e. The minimum absolute atomic E-state index is 0.832. The van der Waals surface area contributed by atoms with E-state index in [4.69, 9.17) is 5.73 Å². The summed E-state index contributed by atoms with van der Waals surface area (Å²) in [4.78, 5) is 2.27. The van der Waals surface area contributed by atoms with E-state index in [0.29, 0.717) is 0 Å². The molecule has 2 N–H and O–H groups in total. The predicted molar refractivity (Wildman–Crippen MR) is 70.3 cm³/mol. The van der Waals surface area contributed by atoms with E-state index in [1.165, 1.54) is 11.1 Å². The third-order valence-corrected chi connectivity index (χ3v) is 3.93. The van der Waals surface area contributed by atoms with Crippen molar-refractivity contribution < 1.29 is 0 Å². The number of anilines is 2. The third-order valence-electron chi connectivity index (χ3n) is 3.03. The van der Waals surface area contributed by atoms with Crippen LogP contribution in [0.25, 0.3) is 0 Å². The van der Waals surface area contributed by atoms with Gasteiger partial charge in [-0.3, -0.25) is 0 Å². The lowest BCUT2D eigenvalue weighted by atomic mass is 9.99. The molecule has 0 radical (unpaired) electrons. The Bertz CT molecular complexity index is 549. The van der Waals surface area contributed by atoms with E-state index in [9.17, 15) is 0 Å². The van der Waals surface area contributed by atoms with Crippen molar-refractivity contribution in [3.8, 4) is 0 Å². The standard InChI is InChI=1S/C12H14N4S/c1-8-14-15-12(17-8)16-5-4-9-2-3-11(13)6-10(9)7-16/h2-3,6H,4-5,7,13H2,1H3. The van der Waals surface area contributed by atoms with Gasteiger partial charge >= 0.3 is 0 Å². The molecule has 3 rings (SSSR count). The maximum Gasteiger partial charge on any atom is 0.208 e. The van der Waals surface area contributed by atoms with Crippen molar-refractivity contribution in [1.82, 2.24) is 10.2 Å². The Morgan fingerprint density at radius 3 is 2.94 bits per heavy atom. The molecule has 1 aliphatic heterocycles. The van der Waals surface area contributed by atoms with Gasteiger partial charge in [0, 0.05) is 18.8 Å². The molecular formula is C12H14N4S. The first-order valence-corrected chi connectivity index (χ1v) is 6.46. The summed E-state index contributed by atoms with van der Waals surface area (Å²) in [7, 11) is 0. The highest BCUT2D eigenvalue weighted by Gasteiger charge is 2.19. The number of aryl methyl sites for hydroxylation is 1. The second kappa shape index (κ2) is 4.00. The van der Waals surface area contributed by atoms with Crippen molar-refractivity contribution in [2.75, 3.05) is 17.2 Å². The number of rotatable bonds is 1. The molecule has 0 aliphatic carbocycles. The second-order valence-corrected chi connectivity index (χ2v) is 5.46. The summed E-state index contributed by atoms with van der Waals surface area (Å²) in [5.41, 5.74) is 9.37. The number of hydrogen-bond donors (Lipinski definition) is 1. The van der Waals surface area contributed by atoms with Crippen molar-refractivity contribution in [2.24, 2.45) is 0 Å². The van der Waals surface area contributed by atoms with Crippen molar-refractivity contribution in [1.29, 1.82) is 0 Å². The van der Waals surface area contributed by atoms with Crippen LogP contribution in [0.15, 0.2) is 18.2 Å². The Kier molecular flexibility index (Phi) is 2.48. The zero-order chi connectivity index (χ0) is 11.8. The summed E-state index contributed by atoms with van der Waals surface area (Å²) in [6, 6.07) is 6.17. The summed E-state index contributed by atoms with van der Waals surface area (Å²) in [5.74, 6) is 0. The average molecular weight is 246 g/mol. The van der Waals surface area contributed by atoms with Gasteiger partial charge in [-0.1, -0.05) is 17.4 Å². The number of hydrogen-bond acceptors (Lipinski definition) is 5. The first-order chi connectivity index (χ1) is 8.22. The van der Waals surface area contributed by atoms with E-state index in [-0.39, 0.29) is 0 Å². The molecule has 5 heteroatoms. The molecule has 88 valence electrons. The molecular weight excluding hydrogens is 232 g/mol. The normalized spacial score (nSPS) is 14.8. The molecule has 1 aromatic carbocycles. The maximum absolute atomic E-state index is 5.83. The van der Waals surface area contributed by atoms with Gasteiger partial charge in [-0.15, -0.1) is 10.2 Å². The van der Waals surface area contributed by atoms with Crippen LogP contribution in [0, 0.1) is 6.92 Å². The van der Waals surface area contributed by atoms with Gasteiger partial charge in [-0.05, 0) is 36.6 Å². The summed E-state index contributed by atoms with van der Waals surface area (Å²) < 4.78 is 0. The Labute approximate surface area is 104 Å². The maximum atomic E-state index is 5.83. The van der Waals surface area contributed by atoms with Crippen LogP contribution in [0.2, 0.25) is 0 Å². The fourth-order valence-corrected chi connectivity index (χ4v) is 2.87. The molecule has 0 fully saturated rings. The topological polar surface area (TPSA) is 55.0 Å². The zero-order valence-electron chi connectivity index (χ0n) is 9.68. The van der Waals surface area contributed by atoms with Gasteiger partial charge in [0.2, 0.25) is 5.13 Å². The smallest absolute Gasteiger partial charge is 0.208 e. The second-order valence-electron chi connectivity index (χ2n) is 4.30. The monoisotopic (exact) mass is 246 g/mol. The molecule has 2 heterocycles. The predicted octanol–water partition coefficient (Wildman–Crippen LogP) is 1.99. The molecule has 2 aromatic rings. The summed E-state index contributed by atoms with van der Waals surface area (Å²) >= 11 is 1.65. The van der Waals surface area contributed by atoms with Crippen molar-refractivity contribution in [3.05, 3.63) is 34.3 Å². The Morgan fingerprint density at radius 1 is 1.29 bits per heavy atom. The molecule has 0 amide bonds. The molecule has 17 heavy (non-hydrogen) atoms. The number of benzene rings is 1. The van der Waals surface area contributed by atoms with Crippen LogP contribution in [0.5, 0.6) is 0 Å². The Balaban J connectivity index is 1.89. The van der Waals surface area contributed by atoms with Crippen molar-refractivity contribution in [3.63, 3.8) is 0 Å². The fourth-order valence-electron chi connectivity index (χ4n) is 2.15. The fraction of sp³-hybridized carbons (Fsp3) is 0.333. The number of nitrogens with two attached hydrogens (primary N) is 1. The summed E-state index contributed by atoms with van der Waals surface area (Å²) in [6.07, 6.45) is 1.05. The molecule has 4 nitrogen and oxygen atoms in total. The molecule has 0 unspecified atom stereocenters. The number of fused-ring (bicyclic) bond motifs is 1. The lowest BCUT2D eigenvalue weighted by Gasteiger charge is -2.28. The van der Waals surface area contributed by atoms with E-state index in [2.05, 4.69) is 27.2 Å². The lowest BCUT2D eigenvalue weighted by Crippen LogP contribution is -2.30. The van der Waals surface area contributed by atoms with Gasteiger partial charge in [0.1, 0.15) is 5.01 Å². The van der Waals surface area contributed by atoms with Crippen molar-refractivity contribution in [2.45, 2.75) is 19.9 Å². The number of nitrogen functional groups attached to an aromatic ring is 1. The quantitative estimate of drug-likeness (QED) is 0.782. The minimum Gasteiger partial charge on any atom is -0.399 e. The SMILES string of the molecule is Cc1nnc(N2CCc3ccc(N)cc3C2)s1. The van der Waals surface area contributed by atoms with Crippen LogP contribution in [0.1, 0.15) is 16.1 Å². The average Bonchev–Trinajstić information content (AvgIpc) is 2.75. The zero-order valence-corrected chi connectivity index (χ0v) is 10.5. The Morgan fingerprint density at radius 2 is 2.18 bits per heavy atom. The molecule has 0 spiro atoms. The Hall–Kier alpha value is -1.62. The van der Waals surface area contributed by atoms with Crippen LogP contribution in [-0.4, -0.2) is 16.7 Å². The van der Waals surface area contributed by atoms with Gasteiger partial charge in [-0.2, -0.15) is 0 Å². The highest BCUT2D eigenvalue weighted by molar-refractivity contribution is 7.15. The minimum atomic E-state index is 0.832. The lowest BCUT2D eigenvalue weighted by molar-refractivity contribution is 0.723. The van der Waals surface area contributed by atoms with Crippen molar-refractivity contribution >= 4 is 22.2 Å². The van der Waals surface area contributed by atoms with E-state index in [1.807, 2.05) is 13.0 Å². The first-order valence-electron chi connectivity index (χ1n) is 5.65. The molecule has 0 saturated heterocycles. The highest BCUT2D eigenvalue weighted by Crippen LogP contribution is 2.27. The van der Waals surface area contributed by atoms with E-state index in [1.54, 1.807) is 11.3 Å².